The van der Waals surface area contributed by atoms with Gasteiger partial charge in [0.1, 0.15) is 11.2 Å². The maximum Gasteiger partial charge on any atom is 0.143 e. The average Bonchev–Trinajstić information content (AvgIpc) is 0.995. The van der Waals surface area contributed by atoms with Crippen molar-refractivity contribution >= 4 is 43.5 Å². The van der Waals surface area contributed by atoms with E-state index in [1.165, 1.54) is 150 Å². The van der Waals surface area contributed by atoms with Gasteiger partial charge >= 0.3 is 0 Å². The molecular weight excluding hydrogens is 1320 g/mol. The molecule has 0 radical (unpaired) electrons. The number of hydrogen-bond donors (Lipinski definition) is 0. The largest absolute Gasteiger partial charge is 0.455 e. The smallest absolute Gasteiger partial charge is 0.143 e. The number of pyridine rings is 1. The lowest BCUT2D eigenvalue weighted by Gasteiger charge is -2.11. The van der Waals surface area contributed by atoms with Crippen LogP contribution in [-0.4, -0.2) is 4.98 Å². The first-order valence-electron chi connectivity index (χ1n) is 37.4. The monoisotopic (exact) mass is 1400 g/mol. The van der Waals surface area contributed by atoms with Gasteiger partial charge in [-0.1, -0.05) is 346 Å². The van der Waals surface area contributed by atoms with Gasteiger partial charge in [-0.15, -0.1) is 0 Å². The Morgan fingerprint density at radius 2 is 0.495 bits per heavy atom. The molecule has 0 unspecified atom stereocenters. The summed E-state index contributed by atoms with van der Waals surface area (Å²) in [6.07, 6.45) is 1.83. The van der Waals surface area contributed by atoms with Gasteiger partial charge in [-0.3, -0.25) is 4.98 Å². The van der Waals surface area contributed by atoms with E-state index in [2.05, 4.69) is 409 Å². The predicted octanol–water partition coefficient (Wildman–Crippen LogP) is 29.9. The summed E-state index contributed by atoms with van der Waals surface area (Å²) < 4.78 is 6.23. The fourth-order valence-electron chi connectivity index (χ4n) is 14.9. The third-order valence-corrected chi connectivity index (χ3v) is 20.2. The van der Waals surface area contributed by atoms with Gasteiger partial charge in [0.15, 0.2) is 0 Å². The van der Waals surface area contributed by atoms with Crippen LogP contribution in [0.5, 0.6) is 0 Å². The van der Waals surface area contributed by atoms with E-state index >= 15 is 0 Å². The fraction of sp³-hybridized carbons (Fsp3) is 0.0374. The van der Waals surface area contributed by atoms with E-state index in [0.29, 0.717) is 0 Å². The Bertz CT molecular complexity index is 6180. The number of para-hydroxylation sites is 2. The number of hydrogen-bond acceptors (Lipinski definition) is 2. The number of aryl methyl sites for hydroxylation is 4. The number of fused-ring (bicyclic) bond motifs is 6. The summed E-state index contributed by atoms with van der Waals surface area (Å²) in [5, 5.41) is 7.53. The van der Waals surface area contributed by atoms with E-state index in [-0.39, 0.29) is 0 Å². The number of rotatable bonds is 11. The molecule has 0 bridgehead atoms. The highest BCUT2D eigenvalue weighted by Crippen LogP contribution is 2.40. The third kappa shape index (κ3) is 16.2. The molecule has 19 aromatic rings. The SMILES string of the molecule is Cc1cc(-c2cccc(-c3ccccc3)c2)cc(-c2cccc(-c3ccccc3)c2)c1.Cc1cc(-c2ccccc2)cc(-c2ccc(-c3cccc4c3oc3ccccc34)cc2)c1.Cc1cc(-c2ccccc2)cc(-c2ccc3c(ccc4ccccc43)c2)c1.Cc1cc(-c2ccccc2)cc(-c2ccccn2)c1. The molecule has 109 heavy (non-hydrogen) atoms. The van der Waals surface area contributed by atoms with Crippen LogP contribution in [0.4, 0.5) is 0 Å². The Labute approximate surface area is 639 Å². The van der Waals surface area contributed by atoms with E-state index < -0.39 is 0 Å². The second-order valence-corrected chi connectivity index (χ2v) is 28.1. The van der Waals surface area contributed by atoms with Crippen molar-refractivity contribution in [2.75, 3.05) is 0 Å². The summed E-state index contributed by atoms with van der Waals surface area (Å²) in [7, 11) is 0. The third-order valence-electron chi connectivity index (χ3n) is 20.2. The first kappa shape index (κ1) is 69.6. The van der Waals surface area contributed by atoms with Gasteiger partial charge in [0, 0.05) is 28.1 Å². The van der Waals surface area contributed by atoms with Crippen LogP contribution in [-0.2, 0) is 0 Å². The van der Waals surface area contributed by atoms with Crippen LogP contribution in [0.2, 0.25) is 0 Å². The minimum Gasteiger partial charge on any atom is -0.455 e. The summed E-state index contributed by atoms with van der Waals surface area (Å²) in [5.74, 6) is 0. The van der Waals surface area contributed by atoms with Crippen molar-refractivity contribution in [3.05, 3.63) is 441 Å². The minimum absolute atomic E-state index is 0.930. The summed E-state index contributed by atoms with van der Waals surface area (Å²) in [6, 6.07) is 147. The predicted molar refractivity (Wildman–Crippen MR) is 465 cm³/mol. The van der Waals surface area contributed by atoms with Crippen molar-refractivity contribution in [2.24, 2.45) is 0 Å². The summed E-state index contributed by atoms with van der Waals surface area (Å²) in [4.78, 5) is 4.42. The van der Waals surface area contributed by atoms with Crippen molar-refractivity contribution in [3.8, 4) is 123 Å². The molecule has 0 aliphatic carbocycles. The molecule has 0 spiro atoms. The van der Waals surface area contributed by atoms with E-state index in [0.717, 1.165) is 38.8 Å². The molecule has 0 aliphatic rings. The van der Waals surface area contributed by atoms with Crippen molar-refractivity contribution < 1.29 is 4.42 Å². The van der Waals surface area contributed by atoms with Crippen LogP contribution in [0, 0.1) is 27.7 Å². The summed E-state index contributed by atoms with van der Waals surface area (Å²) >= 11 is 0. The van der Waals surface area contributed by atoms with E-state index in [1.54, 1.807) is 0 Å². The minimum atomic E-state index is 0.930. The molecule has 0 saturated carbocycles. The maximum atomic E-state index is 6.23. The summed E-state index contributed by atoms with van der Waals surface area (Å²) in [6.45, 7) is 8.63. The zero-order valence-corrected chi connectivity index (χ0v) is 61.7. The van der Waals surface area contributed by atoms with Crippen molar-refractivity contribution in [1.82, 2.24) is 4.98 Å². The normalized spacial score (nSPS) is 10.9. The van der Waals surface area contributed by atoms with Crippen LogP contribution < -0.4 is 0 Å². The van der Waals surface area contributed by atoms with Crippen LogP contribution in [0.15, 0.2) is 423 Å². The van der Waals surface area contributed by atoms with Gasteiger partial charge in [-0.25, -0.2) is 0 Å². The Hall–Kier alpha value is -13.8. The van der Waals surface area contributed by atoms with Crippen molar-refractivity contribution in [3.63, 3.8) is 0 Å². The molecule has 0 atom stereocenters. The van der Waals surface area contributed by atoms with Gasteiger partial charge in [0.05, 0.1) is 5.69 Å². The zero-order chi connectivity index (χ0) is 73.8. The zero-order valence-electron chi connectivity index (χ0n) is 61.7. The quantitative estimate of drug-likeness (QED) is 0.121. The molecule has 2 nitrogen and oxygen atoms in total. The Balaban J connectivity index is 0.000000112. The number of aromatic nitrogens is 1. The number of nitrogens with zero attached hydrogens (tertiary/aromatic N) is 1. The molecule has 2 aromatic heterocycles. The lowest BCUT2D eigenvalue weighted by molar-refractivity contribution is 0.670. The maximum absolute atomic E-state index is 6.23. The van der Waals surface area contributed by atoms with Gasteiger partial charge < -0.3 is 4.42 Å². The molecule has 19 rings (SSSR count). The second kappa shape index (κ2) is 32.3. The lowest BCUT2D eigenvalue weighted by Crippen LogP contribution is -1.86. The van der Waals surface area contributed by atoms with Crippen LogP contribution >= 0.6 is 0 Å². The lowest BCUT2D eigenvalue weighted by atomic mass is 9.93. The molecule has 17 aromatic carbocycles. The fourth-order valence-corrected chi connectivity index (χ4v) is 14.9. The Morgan fingerprint density at radius 1 is 0.183 bits per heavy atom. The highest BCUT2D eigenvalue weighted by molar-refractivity contribution is 6.10. The van der Waals surface area contributed by atoms with Crippen LogP contribution in [0.1, 0.15) is 22.3 Å². The molecule has 0 N–H and O–H groups in total. The van der Waals surface area contributed by atoms with Gasteiger partial charge in [0.25, 0.3) is 0 Å². The molecule has 2 heterocycles. The Morgan fingerprint density at radius 3 is 0.972 bits per heavy atom. The van der Waals surface area contributed by atoms with Gasteiger partial charge in [-0.2, -0.15) is 0 Å². The molecule has 520 valence electrons. The standard InChI is InChI=1S/C31H22O.C31H24.C27H20.C18H15N/c1-21-18-25(22-8-3-2-4-9-22)20-26(19-21)23-14-16-24(17-15-23)27-11-7-12-29-28-10-5-6-13-30(28)32-31(27)29;1-23-18-30(28-16-8-14-26(20-28)24-10-4-2-5-11-24)22-31(19-23)29-17-9-15-27(21-29)25-12-6-3-7-13-25;1-19-15-24(20-7-3-2-4-8-20)18-25(16-19)22-13-14-27-23(17-22)12-11-21-9-5-6-10-26(21)27;1-14-11-16(15-7-3-2-4-8-15)13-17(12-14)18-9-5-6-10-19-18/h2-20H,1H3;2-22H,1H3;2-18H,1H3;2-13H,1H3. The van der Waals surface area contributed by atoms with Gasteiger partial charge in [0.2, 0.25) is 0 Å². The molecule has 0 saturated heterocycles. The molecule has 0 fully saturated rings. The van der Waals surface area contributed by atoms with E-state index in [1.807, 2.05) is 42.6 Å². The molecule has 2 heteroatoms. The number of benzene rings is 17. The highest BCUT2D eigenvalue weighted by atomic mass is 16.3. The molecule has 0 amide bonds. The molecular formula is C107H81NO. The van der Waals surface area contributed by atoms with Crippen molar-refractivity contribution in [1.29, 1.82) is 0 Å². The topological polar surface area (TPSA) is 26.0 Å². The number of furan rings is 1. The van der Waals surface area contributed by atoms with Gasteiger partial charge in [-0.05, 0) is 244 Å². The average molecular weight is 1400 g/mol. The van der Waals surface area contributed by atoms with Crippen molar-refractivity contribution in [2.45, 2.75) is 27.7 Å². The first-order valence-corrected chi connectivity index (χ1v) is 37.4. The second-order valence-electron chi connectivity index (χ2n) is 28.1. The highest BCUT2D eigenvalue weighted by Gasteiger charge is 2.15. The summed E-state index contributed by atoms with van der Waals surface area (Å²) in [5.41, 5.74) is 33.8. The van der Waals surface area contributed by atoms with Crippen LogP contribution in [0.3, 0.4) is 0 Å². The molecule has 0 aliphatic heterocycles. The van der Waals surface area contributed by atoms with Crippen LogP contribution in [0.25, 0.3) is 166 Å². The van der Waals surface area contributed by atoms with E-state index in [4.69, 9.17) is 4.42 Å². The van der Waals surface area contributed by atoms with E-state index in [9.17, 15) is 0 Å². The Kier molecular flexibility index (Phi) is 20.6. The first-order chi connectivity index (χ1) is 53.6.